The lowest BCUT2D eigenvalue weighted by atomic mass is 9.84. The zero-order valence-electron chi connectivity index (χ0n) is 8.10. The average Bonchev–Trinajstić information content (AvgIpc) is 2.23. The lowest BCUT2D eigenvalue weighted by Gasteiger charge is -2.22. The van der Waals surface area contributed by atoms with Crippen LogP contribution >= 0.6 is 23.2 Å². The Balaban J connectivity index is 2.18. The summed E-state index contributed by atoms with van der Waals surface area (Å²) in [4.78, 5) is 0. The maximum Gasteiger partial charge on any atom is 0.0595 e. The Labute approximate surface area is 95.2 Å². The van der Waals surface area contributed by atoms with Crippen molar-refractivity contribution in [3.05, 3.63) is 33.8 Å². The van der Waals surface area contributed by atoms with E-state index in [1.807, 2.05) is 12.1 Å². The Hall–Kier alpha value is -0.200. The van der Waals surface area contributed by atoms with Crippen LogP contribution in [0.3, 0.4) is 0 Å². The molecule has 0 aliphatic heterocycles. The van der Waals surface area contributed by atoms with Gasteiger partial charge in [-0.3, -0.25) is 0 Å². The molecule has 0 radical (unpaired) electrons. The molecule has 2 heteroatoms. The minimum Gasteiger partial charge on any atom is -0.0827 e. The molecule has 0 bridgehead atoms. The Kier molecular flexibility index (Phi) is 3.35. The Bertz CT molecular complexity index is 314. The van der Waals surface area contributed by atoms with Crippen molar-refractivity contribution in [2.75, 3.05) is 0 Å². The van der Waals surface area contributed by atoms with Crippen LogP contribution in [0.1, 0.15) is 43.6 Å². The smallest absolute Gasteiger partial charge is 0.0595 e. The molecule has 0 amide bonds. The van der Waals surface area contributed by atoms with E-state index in [1.165, 1.54) is 37.7 Å². The summed E-state index contributed by atoms with van der Waals surface area (Å²) in [7, 11) is 0. The molecule has 0 unspecified atom stereocenters. The van der Waals surface area contributed by atoms with Gasteiger partial charge in [0, 0.05) is 0 Å². The van der Waals surface area contributed by atoms with Crippen LogP contribution in [0, 0.1) is 0 Å². The van der Waals surface area contributed by atoms with E-state index in [9.17, 15) is 0 Å². The maximum absolute atomic E-state index is 6.00. The van der Waals surface area contributed by atoms with Crippen molar-refractivity contribution in [2.24, 2.45) is 0 Å². The fourth-order valence-corrected chi connectivity index (χ4v) is 2.51. The first-order chi connectivity index (χ1) is 6.77. The highest BCUT2D eigenvalue weighted by molar-refractivity contribution is 6.42. The van der Waals surface area contributed by atoms with Gasteiger partial charge >= 0.3 is 0 Å². The number of halogens is 2. The molecule has 0 N–H and O–H groups in total. The molecule has 14 heavy (non-hydrogen) atoms. The maximum atomic E-state index is 6.00. The van der Waals surface area contributed by atoms with E-state index < -0.39 is 0 Å². The van der Waals surface area contributed by atoms with E-state index in [2.05, 4.69) is 6.07 Å². The first-order valence-corrected chi connectivity index (χ1v) is 5.98. The molecule has 1 aliphatic carbocycles. The zero-order valence-corrected chi connectivity index (χ0v) is 9.61. The number of rotatable bonds is 1. The van der Waals surface area contributed by atoms with Crippen molar-refractivity contribution in [1.29, 1.82) is 0 Å². The molecule has 2 rings (SSSR count). The highest BCUT2D eigenvalue weighted by Crippen LogP contribution is 2.35. The second-order valence-electron chi connectivity index (χ2n) is 4.01. The van der Waals surface area contributed by atoms with Crippen LogP contribution in [-0.2, 0) is 0 Å². The lowest BCUT2D eigenvalue weighted by Crippen LogP contribution is -2.04. The van der Waals surface area contributed by atoms with E-state index in [-0.39, 0.29) is 0 Å². The van der Waals surface area contributed by atoms with Gasteiger partial charge in [0.1, 0.15) is 0 Å². The molecule has 0 heterocycles. The number of hydrogen-bond donors (Lipinski definition) is 0. The normalized spacial score (nSPS) is 18.4. The van der Waals surface area contributed by atoms with Crippen molar-refractivity contribution in [1.82, 2.24) is 0 Å². The first kappa shape index (κ1) is 10.3. The summed E-state index contributed by atoms with van der Waals surface area (Å²) in [6.07, 6.45) is 6.70. The summed E-state index contributed by atoms with van der Waals surface area (Å²) in [6.45, 7) is 0. The molecule has 0 spiro atoms. The standard InChI is InChI=1S/C12H14Cl2/c13-11-7-6-10(8-12(11)14)9-4-2-1-3-5-9/h6-9H,1-5H2. The van der Waals surface area contributed by atoms with Gasteiger partial charge in [0.15, 0.2) is 0 Å². The first-order valence-electron chi connectivity index (χ1n) is 5.22. The van der Waals surface area contributed by atoms with E-state index in [0.717, 1.165) is 0 Å². The summed E-state index contributed by atoms with van der Waals surface area (Å²) in [5.41, 5.74) is 1.36. The average molecular weight is 229 g/mol. The molecule has 1 saturated carbocycles. The second-order valence-corrected chi connectivity index (χ2v) is 4.82. The van der Waals surface area contributed by atoms with Gasteiger partial charge in [-0.1, -0.05) is 48.5 Å². The third-order valence-corrected chi connectivity index (χ3v) is 3.76. The Morgan fingerprint density at radius 1 is 0.929 bits per heavy atom. The molecule has 0 saturated heterocycles. The molecule has 0 atom stereocenters. The Morgan fingerprint density at radius 3 is 2.29 bits per heavy atom. The third kappa shape index (κ3) is 2.24. The summed E-state index contributed by atoms with van der Waals surface area (Å²) >= 11 is 11.9. The van der Waals surface area contributed by atoms with Crippen molar-refractivity contribution in [3.8, 4) is 0 Å². The van der Waals surface area contributed by atoms with Crippen LogP contribution in [0.15, 0.2) is 18.2 Å². The molecule has 1 aromatic carbocycles. The molecule has 1 fully saturated rings. The van der Waals surface area contributed by atoms with Gasteiger partial charge in [-0.2, -0.15) is 0 Å². The van der Waals surface area contributed by atoms with Gasteiger partial charge in [-0.05, 0) is 36.5 Å². The van der Waals surface area contributed by atoms with Gasteiger partial charge in [0.05, 0.1) is 10.0 Å². The quantitative estimate of drug-likeness (QED) is 0.632. The molecular weight excluding hydrogens is 215 g/mol. The van der Waals surface area contributed by atoms with Gasteiger partial charge in [0.25, 0.3) is 0 Å². The van der Waals surface area contributed by atoms with Crippen molar-refractivity contribution < 1.29 is 0 Å². The van der Waals surface area contributed by atoms with Crippen molar-refractivity contribution >= 4 is 23.2 Å². The predicted molar refractivity (Wildman–Crippen MR) is 62.3 cm³/mol. The number of benzene rings is 1. The molecule has 76 valence electrons. The topological polar surface area (TPSA) is 0 Å². The summed E-state index contributed by atoms with van der Waals surface area (Å²) in [6, 6.07) is 6.05. The van der Waals surface area contributed by atoms with Gasteiger partial charge in [-0.25, -0.2) is 0 Å². The number of hydrogen-bond acceptors (Lipinski definition) is 0. The molecule has 0 nitrogen and oxygen atoms in total. The van der Waals surface area contributed by atoms with Crippen LogP contribution in [-0.4, -0.2) is 0 Å². The second kappa shape index (κ2) is 4.55. The lowest BCUT2D eigenvalue weighted by molar-refractivity contribution is 0.443. The highest BCUT2D eigenvalue weighted by Gasteiger charge is 2.15. The summed E-state index contributed by atoms with van der Waals surface area (Å²) < 4.78 is 0. The van der Waals surface area contributed by atoms with Gasteiger partial charge < -0.3 is 0 Å². The minimum absolute atomic E-state index is 0.659. The highest BCUT2D eigenvalue weighted by atomic mass is 35.5. The van der Waals surface area contributed by atoms with Gasteiger partial charge in [0.2, 0.25) is 0 Å². The fourth-order valence-electron chi connectivity index (χ4n) is 2.20. The molecular formula is C12H14Cl2. The summed E-state index contributed by atoms with van der Waals surface area (Å²) in [5.74, 6) is 0.707. The third-order valence-electron chi connectivity index (χ3n) is 3.02. The predicted octanol–water partition coefficient (Wildman–Crippen LogP) is 5.04. The van der Waals surface area contributed by atoms with Crippen LogP contribution in [0.4, 0.5) is 0 Å². The van der Waals surface area contributed by atoms with E-state index in [0.29, 0.717) is 16.0 Å². The Morgan fingerprint density at radius 2 is 1.64 bits per heavy atom. The molecule has 1 aliphatic rings. The van der Waals surface area contributed by atoms with E-state index in [1.54, 1.807) is 0 Å². The molecule has 1 aromatic rings. The summed E-state index contributed by atoms with van der Waals surface area (Å²) in [5, 5.41) is 1.35. The van der Waals surface area contributed by atoms with Crippen LogP contribution in [0.25, 0.3) is 0 Å². The largest absolute Gasteiger partial charge is 0.0827 e. The van der Waals surface area contributed by atoms with Crippen LogP contribution < -0.4 is 0 Å². The zero-order chi connectivity index (χ0) is 9.97. The van der Waals surface area contributed by atoms with Crippen molar-refractivity contribution in [2.45, 2.75) is 38.0 Å². The van der Waals surface area contributed by atoms with Gasteiger partial charge in [-0.15, -0.1) is 0 Å². The van der Waals surface area contributed by atoms with Crippen LogP contribution in [0.2, 0.25) is 10.0 Å². The SMILES string of the molecule is Clc1ccc(C2CCCCC2)cc1Cl. The monoisotopic (exact) mass is 228 g/mol. The van der Waals surface area contributed by atoms with E-state index in [4.69, 9.17) is 23.2 Å². The minimum atomic E-state index is 0.659. The van der Waals surface area contributed by atoms with Crippen LogP contribution in [0.5, 0.6) is 0 Å². The molecule has 0 aromatic heterocycles. The van der Waals surface area contributed by atoms with Crippen molar-refractivity contribution in [3.63, 3.8) is 0 Å². The fraction of sp³-hybridized carbons (Fsp3) is 0.500. The van der Waals surface area contributed by atoms with E-state index >= 15 is 0 Å².